The number of hydrogen-bond acceptors (Lipinski definition) is 4. The van der Waals surface area contributed by atoms with E-state index in [0.717, 1.165) is 0 Å². The molecule has 21 heavy (non-hydrogen) atoms. The molecule has 1 N–H and O–H groups in total. The van der Waals surface area contributed by atoms with Gasteiger partial charge in [-0.25, -0.2) is 0 Å². The van der Waals surface area contributed by atoms with Gasteiger partial charge in [-0.2, -0.15) is 0 Å². The molecule has 1 aromatic carbocycles. The zero-order valence-electron chi connectivity index (χ0n) is 12.8. The number of ether oxygens (including phenoxy) is 2. The van der Waals surface area contributed by atoms with Crippen molar-refractivity contribution >= 4 is 34.6 Å². The van der Waals surface area contributed by atoms with Crippen LogP contribution in [0, 0.1) is 0 Å². The molecule has 0 saturated carbocycles. The van der Waals surface area contributed by atoms with E-state index in [4.69, 9.17) is 32.7 Å². The van der Waals surface area contributed by atoms with Gasteiger partial charge in [0.15, 0.2) is 6.79 Å². The fourth-order valence-electron chi connectivity index (χ4n) is 1.60. The van der Waals surface area contributed by atoms with E-state index in [1.165, 1.54) is 7.11 Å². The van der Waals surface area contributed by atoms with Crippen LogP contribution in [0.3, 0.4) is 0 Å². The summed E-state index contributed by atoms with van der Waals surface area (Å²) in [6.07, 6.45) is 0. The molecule has 0 aromatic heterocycles. The molecule has 0 amide bonds. The minimum absolute atomic E-state index is 0.0973. The minimum atomic E-state index is -1.24. The summed E-state index contributed by atoms with van der Waals surface area (Å²) in [4.78, 5) is 0. The summed E-state index contributed by atoms with van der Waals surface area (Å²) in [6.45, 7) is 7.64. The lowest BCUT2D eigenvalue weighted by molar-refractivity contribution is 0.0502. The Labute approximate surface area is 139 Å². The van der Waals surface area contributed by atoms with Gasteiger partial charge in [-0.3, -0.25) is 0 Å². The Balaban J connectivity index is 3.05. The lowest BCUT2D eigenvalue weighted by Crippen LogP contribution is -2.40. The summed E-state index contributed by atoms with van der Waals surface area (Å²) in [7, 11) is 1.54. The zero-order chi connectivity index (χ0) is 16.2. The van der Waals surface area contributed by atoms with Crippen molar-refractivity contribution in [3.8, 4) is 5.75 Å². The van der Waals surface area contributed by atoms with Crippen molar-refractivity contribution in [3.05, 3.63) is 27.7 Å². The molecule has 0 spiro atoms. The van der Waals surface area contributed by atoms with E-state index in [9.17, 15) is 4.55 Å². The second kappa shape index (κ2) is 7.90. The average Bonchev–Trinajstić information content (AvgIpc) is 2.38. The predicted molar refractivity (Wildman–Crippen MR) is 88.4 cm³/mol. The van der Waals surface area contributed by atoms with Crippen molar-refractivity contribution in [3.63, 3.8) is 0 Å². The van der Waals surface area contributed by atoms with E-state index in [2.05, 4.69) is 4.72 Å². The van der Waals surface area contributed by atoms with E-state index in [1.54, 1.807) is 12.1 Å². The summed E-state index contributed by atoms with van der Waals surface area (Å²) in [5, 5.41) is 0.808. The Hall–Kier alpha value is -0.170. The van der Waals surface area contributed by atoms with Crippen molar-refractivity contribution in [2.75, 3.05) is 13.9 Å². The third kappa shape index (κ3) is 5.20. The van der Waals surface area contributed by atoms with Crippen LogP contribution in [0.4, 0.5) is 0 Å². The smallest absolute Gasteiger partial charge is 0.188 e. The lowest BCUT2D eigenvalue weighted by Gasteiger charge is -2.27. The second-order valence-electron chi connectivity index (χ2n) is 5.54. The molecule has 2 atom stereocenters. The molecule has 4 nitrogen and oxygen atoms in total. The Kier molecular flexibility index (Phi) is 7.10. The standard InChI is InChI=1S/C14H21Cl2NO3S/c1-9(17-21(18)14(2,3)4)12-11(20-8-19-5)7-6-10(15)13(12)16/h6-7,9,17H,8H2,1-5H3. The Bertz CT molecular complexity index is 480. The molecule has 1 aromatic rings. The fraction of sp³-hybridized carbons (Fsp3) is 0.571. The fourth-order valence-corrected chi connectivity index (χ4v) is 2.87. The highest BCUT2D eigenvalue weighted by atomic mass is 35.5. The van der Waals surface area contributed by atoms with Crippen LogP contribution in [0.1, 0.15) is 39.3 Å². The number of rotatable bonds is 6. The molecule has 0 aliphatic heterocycles. The molecule has 0 fully saturated rings. The third-order valence-electron chi connectivity index (χ3n) is 2.70. The van der Waals surface area contributed by atoms with Gasteiger partial charge < -0.3 is 14.0 Å². The molecular weight excluding hydrogens is 333 g/mol. The first kappa shape index (κ1) is 18.9. The van der Waals surface area contributed by atoms with E-state index in [0.29, 0.717) is 21.4 Å². The van der Waals surface area contributed by atoms with Crippen LogP contribution in [0.5, 0.6) is 5.75 Å². The van der Waals surface area contributed by atoms with Crippen molar-refractivity contribution in [1.82, 2.24) is 4.72 Å². The predicted octanol–water partition coefficient (Wildman–Crippen LogP) is 4.09. The lowest BCUT2D eigenvalue weighted by atomic mass is 10.1. The number of methoxy groups -OCH3 is 1. The van der Waals surface area contributed by atoms with Crippen molar-refractivity contribution in [1.29, 1.82) is 0 Å². The summed E-state index contributed by atoms with van der Waals surface area (Å²) in [5.74, 6) is 0.553. The first-order valence-electron chi connectivity index (χ1n) is 6.46. The molecule has 120 valence electrons. The van der Waals surface area contributed by atoms with E-state index in [1.807, 2.05) is 27.7 Å². The molecule has 0 aliphatic rings. The molecule has 0 saturated heterocycles. The van der Waals surface area contributed by atoms with Crippen molar-refractivity contribution < 1.29 is 14.0 Å². The maximum atomic E-state index is 12.2. The third-order valence-corrected chi connectivity index (χ3v) is 5.20. The molecule has 7 heteroatoms. The van der Waals surface area contributed by atoms with Gasteiger partial charge in [-0.15, -0.1) is 4.72 Å². The van der Waals surface area contributed by atoms with Crippen LogP contribution < -0.4 is 9.46 Å². The van der Waals surface area contributed by atoms with Crippen LogP contribution in [0.25, 0.3) is 0 Å². The van der Waals surface area contributed by atoms with Gasteiger partial charge in [0.05, 0.1) is 16.1 Å². The maximum Gasteiger partial charge on any atom is 0.188 e. The summed E-state index contributed by atoms with van der Waals surface area (Å²) in [6, 6.07) is 3.09. The Morgan fingerprint density at radius 1 is 1.33 bits per heavy atom. The maximum absolute atomic E-state index is 12.2. The molecule has 0 bridgehead atoms. The molecule has 0 aliphatic carbocycles. The average molecular weight is 354 g/mol. The van der Waals surface area contributed by atoms with E-state index < -0.39 is 11.4 Å². The van der Waals surface area contributed by atoms with E-state index >= 15 is 0 Å². The molecular formula is C14H21Cl2NO3S. The number of nitrogens with one attached hydrogen (secondary N) is 1. The Morgan fingerprint density at radius 2 is 1.95 bits per heavy atom. The van der Waals surface area contributed by atoms with Crippen LogP contribution in [-0.4, -0.2) is 23.2 Å². The van der Waals surface area contributed by atoms with Crippen molar-refractivity contribution in [2.24, 2.45) is 0 Å². The highest BCUT2D eigenvalue weighted by Gasteiger charge is 2.30. The molecule has 1 rings (SSSR count). The van der Waals surface area contributed by atoms with Gasteiger partial charge in [0.25, 0.3) is 0 Å². The highest BCUT2D eigenvalue weighted by molar-refractivity contribution is 7.90. The van der Waals surface area contributed by atoms with Gasteiger partial charge in [0.1, 0.15) is 10.5 Å². The van der Waals surface area contributed by atoms with Crippen molar-refractivity contribution in [2.45, 2.75) is 38.5 Å². The number of hydrogen-bond donors (Lipinski definition) is 1. The summed E-state index contributed by atoms with van der Waals surface area (Å²) in [5.41, 5.74) is 0.666. The monoisotopic (exact) mass is 353 g/mol. The molecule has 0 radical (unpaired) electrons. The van der Waals surface area contributed by atoms with Crippen LogP contribution in [0.15, 0.2) is 12.1 Å². The van der Waals surface area contributed by atoms with Gasteiger partial charge in [0, 0.05) is 24.0 Å². The SMILES string of the molecule is COCOc1ccc(Cl)c(Cl)c1C(C)N[S+]([O-])C(C)(C)C. The van der Waals surface area contributed by atoms with Crippen LogP contribution in [0.2, 0.25) is 10.0 Å². The summed E-state index contributed by atoms with van der Waals surface area (Å²) >= 11 is 11.1. The van der Waals surface area contributed by atoms with Gasteiger partial charge in [-0.05, 0) is 39.8 Å². The first-order valence-corrected chi connectivity index (χ1v) is 8.36. The largest absolute Gasteiger partial charge is 0.598 e. The quantitative estimate of drug-likeness (QED) is 0.618. The van der Waals surface area contributed by atoms with E-state index in [-0.39, 0.29) is 17.6 Å². The highest BCUT2D eigenvalue weighted by Crippen LogP contribution is 2.38. The van der Waals surface area contributed by atoms with Crippen LogP contribution >= 0.6 is 23.2 Å². The Morgan fingerprint density at radius 3 is 2.48 bits per heavy atom. The summed E-state index contributed by atoms with van der Waals surface area (Å²) < 4.78 is 25.3. The normalized spacial score (nSPS) is 14.9. The molecule has 0 heterocycles. The van der Waals surface area contributed by atoms with Crippen LogP contribution in [-0.2, 0) is 16.1 Å². The first-order chi connectivity index (χ1) is 9.68. The topological polar surface area (TPSA) is 53.5 Å². The van der Waals surface area contributed by atoms with Gasteiger partial charge >= 0.3 is 0 Å². The number of benzene rings is 1. The zero-order valence-corrected chi connectivity index (χ0v) is 15.2. The number of halogens is 2. The van der Waals surface area contributed by atoms with Gasteiger partial charge in [-0.1, -0.05) is 23.2 Å². The molecule has 2 unspecified atom stereocenters. The second-order valence-corrected chi connectivity index (χ2v) is 8.33. The van der Waals surface area contributed by atoms with Gasteiger partial charge in [0.2, 0.25) is 0 Å². The minimum Gasteiger partial charge on any atom is -0.598 e.